The first kappa shape index (κ1) is 22.1. The molecule has 0 saturated carbocycles. The third-order valence-electron chi connectivity index (χ3n) is 8.20. The molecule has 7 rings (SSSR count). The van der Waals surface area contributed by atoms with Gasteiger partial charge in [-0.25, -0.2) is 0 Å². The number of benzene rings is 3. The molecule has 3 aromatic carbocycles. The van der Waals surface area contributed by atoms with Crippen LogP contribution in [-0.2, 0) is 5.41 Å². The number of hydrogen-bond acceptors (Lipinski definition) is 3. The summed E-state index contributed by atoms with van der Waals surface area (Å²) in [6, 6.07) is 28.7. The zero-order chi connectivity index (χ0) is 25.0. The Labute approximate surface area is 219 Å². The third kappa shape index (κ3) is 3.37. The molecule has 0 bridgehead atoms. The van der Waals surface area contributed by atoms with Crippen LogP contribution in [0.3, 0.4) is 0 Å². The van der Waals surface area contributed by atoms with E-state index in [1.807, 2.05) is 0 Å². The molecule has 2 aliphatic carbocycles. The Morgan fingerprint density at radius 1 is 0.811 bits per heavy atom. The fourth-order valence-electron chi connectivity index (χ4n) is 6.44. The van der Waals surface area contributed by atoms with Crippen LogP contribution in [0, 0.1) is 0 Å². The van der Waals surface area contributed by atoms with Gasteiger partial charge in [0, 0.05) is 28.1 Å². The zero-order valence-corrected chi connectivity index (χ0v) is 21.4. The van der Waals surface area contributed by atoms with Gasteiger partial charge in [0.25, 0.3) is 0 Å². The van der Waals surface area contributed by atoms with E-state index in [2.05, 4.69) is 139 Å². The highest BCUT2D eigenvalue weighted by atomic mass is 15.3. The molecule has 3 nitrogen and oxygen atoms in total. The Bertz CT molecular complexity index is 1520. The first-order chi connectivity index (χ1) is 18.1. The highest BCUT2D eigenvalue weighted by Crippen LogP contribution is 2.51. The summed E-state index contributed by atoms with van der Waals surface area (Å²) in [5.74, 6) is 1.03. The van der Waals surface area contributed by atoms with Crippen molar-refractivity contribution in [2.75, 3.05) is 9.80 Å². The van der Waals surface area contributed by atoms with Crippen molar-refractivity contribution in [2.45, 2.75) is 44.2 Å². The topological polar surface area (TPSA) is 18.8 Å². The number of rotatable bonds is 3. The van der Waals surface area contributed by atoms with Crippen molar-refractivity contribution in [1.29, 1.82) is 0 Å². The quantitative estimate of drug-likeness (QED) is 0.379. The van der Waals surface area contributed by atoms with Crippen molar-refractivity contribution in [3.8, 4) is 0 Å². The number of allylic oxidation sites excluding steroid dienone is 6. The minimum absolute atomic E-state index is 0.0419. The zero-order valence-electron chi connectivity index (χ0n) is 21.4. The van der Waals surface area contributed by atoms with E-state index in [0.717, 1.165) is 18.7 Å². The van der Waals surface area contributed by atoms with E-state index in [-0.39, 0.29) is 17.5 Å². The Balaban J connectivity index is 1.45. The summed E-state index contributed by atoms with van der Waals surface area (Å²) in [7, 11) is 0. The fourth-order valence-corrected chi connectivity index (χ4v) is 6.44. The molecule has 0 saturated heterocycles. The van der Waals surface area contributed by atoms with Crippen molar-refractivity contribution in [2.24, 2.45) is 4.99 Å². The van der Waals surface area contributed by atoms with Gasteiger partial charge < -0.3 is 9.80 Å². The van der Waals surface area contributed by atoms with E-state index < -0.39 is 0 Å². The van der Waals surface area contributed by atoms with E-state index in [1.54, 1.807) is 0 Å². The molecule has 0 amide bonds. The molecule has 2 unspecified atom stereocenters. The molecule has 0 radical (unpaired) electrons. The molecule has 0 N–H and O–H groups in total. The highest BCUT2D eigenvalue weighted by Gasteiger charge is 2.41. The van der Waals surface area contributed by atoms with E-state index in [4.69, 9.17) is 4.99 Å². The second-order valence-electron chi connectivity index (χ2n) is 10.7. The van der Waals surface area contributed by atoms with E-state index >= 15 is 0 Å². The van der Waals surface area contributed by atoms with Gasteiger partial charge in [-0.15, -0.1) is 0 Å². The standard InChI is InChI=1S/C34H31N3/c1-34(2)26-17-7-11-21-30(26)37(31-22-12-8-18-27(31)34)29-20-10-6-16-25(29)33-35-28-19-9-13-23-32(28)36(33)24-14-4-3-5-15-24/h3-11,13-21,23,28,32H,12,22H2,1-2H3. The Morgan fingerprint density at radius 3 is 2.41 bits per heavy atom. The lowest BCUT2D eigenvalue weighted by Crippen LogP contribution is -2.40. The van der Waals surface area contributed by atoms with Gasteiger partial charge >= 0.3 is 0 Å². The van der Waals surface area contributed by atoms with Crippen LogP contribution in [0.4, 0.5) is 17.1 Å². The molecule has 2 heterocycles. The predicted octanol–water partition coefficient (Wildman–Crippen LogP) is 7.85. The lowest BCUT2D eigenvalue weighted by molar-refractivity contribution is 0.603. The fraction of sp³-hybridized carbons (Fsp3) is 0.206. The van der Waals surface area contributed by atoms with Crippen molar-refractivity contribution in [3.63, 3.8) is 0 Å². The van der Waals surface area contributed by atoms with Gasteiger partial charge in [-0.05, 0) is 54.3 Å². The summed E-state index contributed by atoms with van der Waals surface area (Å²) < 4.78 is 0. The number of amidine groups is 1. The van der Waals surface area contributed by atoms with Crippen LogP contribution in [0.5, 0.6) is 0 Å². The lowest BCUT2D eigenvalue weighted by Gasteiger charge is -2.44. The van der Waals surface area contributed by atoms with Crippen LogP contribution in [0.15, 0.2) is 132 Å². The second kappa shape index (κ2) is 8.48. The summed E-state index contributed by atoms with van der Waals surface area (Å²) in [4.78, 5) is 10.3. The summed E-state index contributed by atoms with van der Waals surface area (Å²) in [5, 5.41) is 0. The molecule has 0 spiro atoms. The molecule has 2 atom stereocenters. The van der Waals surface area contributed by atoms with Crippen LogP contribution in [0.1, 0.15) is 37.8 Å². The highest BCUT2D eigenvalue weighted by molar-refractivity contribution is 6.16. The number of hydrogen-bond donors (Lipinski definition) is 0. The average molecular weight is 482 g/mol. The first-order valence-electron chi connectivity index (χ1n) is 13.3. The van der Waals surface area contributed by atoms with Gasteiger partial charge in [0.2, 0.25) is 0 Å². The van der Waals surface area contributed by atoms with Crippen LogP contribution in [0.25, 0.3) is 0 Å². The van der Waals surface area contributed by atoms with Gasteiger partial charge in [-0.3, -0.25) is 4.99 Å². The maximum absolute atomic E-state index is 5.33. The minimum Gasteiger partial charge on any atom is -0.317 e. The molecule has 4 aliphatic rings. The maximum Gasteiger partial charge on any atom is 0.138 e. The van der Waals surface area contributed by atoms with Crippen LogP contribution >= 0.6 is 0 Å². The molecule has 0 fully saturated rings. The lowest BCUT2D eigenvalue weighted by atomic mass is 9.71. The maximum atomic E-state index is 5.33. The van der Waals surface area contributed by atoms with Crippen molar-refractivity contribution in [1.82, 2.24) is 0 Å². The molecule has 2 aliphatic heterocycles. The Hall–Kier alpha value is -4.11. The van der Waals surface area contributed by atoms with Crippen molar-refractivity contribution >= 4 is 22.9 Å². The number of fused-ring (bicyclic) bond motifs is 2. The smallest absolute Gasteiger partial charge is 0.138 e. The molecular weight excluding hydrogens is 450 g/mol. The van der Waals surface area contributed by atoms with Gasteiger partial charge in [0.05, 0.1) is 17.8 Å². The average Bonchev–Trinajstić information content (AvgIpc) is 3.34. The molecule has 3 heteroatoms. The number of para-hydroxylation sites is 3. The molecule has 0 aromatic heterocycles. The largest absolute Gasteiger partial charge is 0.317 e. The summed E-state index contributed by atoms with van der Waals surface area (Å²) in [6.07, 6.45) is 15.6. The SMILES string of the molecule is CC1(C)C2=C(CCC=C2)N(c2ccccc2C2=NC3C=CC=CC3N2c2ccccc2)c2ccccc21. The Kier molecular flexibility index (Phi) is 5.07. The van der Waals surface area contributed by atoms with Gasteiger partial charge in [-0.2, -0.15) is 0 Å². The monoisotopic (exact) mass is 481 g/mol. The predicted molar refractivity (Wildman–Crippen MR) is 155 cm³/mol. The minimum atomic E-state index is -0.0419. The summed E-state index contributed by atoms with van der Waals surface area (Å²) >= 11 is 0. The van der Waals surface area contributed by atoms with Gasteiger partial charge in [0.1, 0.15) is 5.84 Å². The molecule has 3 aromatic rings. The van der Waals surface area contributed by atoms with E-state index in [0.29, 0.717) is 0 Å². The van der Waals surface area contributed by atoms with E-state index in [1.165, 1.54) is 39.5 Å². The van der Waals surface area contributed by atoms with E-state index in [9.17, 15) is 0 Å². The third-order valence-corrected chi connectivity index (χ3v) is 8.20. The molecule has 37 heavy (non-hydrogen) atoms. The number of aliphatic imine (C=N–C) groups is 1. The van der Waals surface area contributed by atoms with Crippen LogP contribution < -0.4 is 9.80 Å². The number of nitrogens with zero attached hydrogens (tertiary/aromatic N) is 3. The van der Waals surface area contributed by atoms with Crippen LogP contribution in [-0.4, -0.2) is 17.9 Å². The van der Waals surface area contributed by atoms with Crippen LogP contribution in [0.2, 0.25) is 0 Å². The summed E-state index contributed by atoms with van der Waals surface area (Å²) in [6.45, 7) is 4.73. The van der Waals surface area contributed by atoms with Gasteiger partial charge in [-0.1, -0.05) is 98.8 Å². The molecular formula is C34H31N3. The summed E-state index contributed by atoms with van der Waals surface area (Å²) in [5.41, 5.74) is 8.95. The first-order valence-corrected chi connectivity index (χ1v) is 13.3. The van der Waals surface area contributed by atoms with Crippen molar-refractivity contribution < 1.29 is 0 Å². The second-order valence-corrected chi connectivity index (χ2v) is 10.7. The normalized spacial score (nSPS) is 23.0. The Morgan fingerprint density at radius 2 is 1.54 bits per heavy atom. The molecule has 182 valence electrons. The number of anilines is 3. The van der Waals surface area contributed by atoms with Gasteiger partial charge in [0.15, 0.2) is 0 Å². The van der Waals surface area contributed by atoms with Crippen molar-refractivity contribution in [3.05, 3.63) is 138 Å².